The summed E-state index contributed by atoms with van der Waals surface area (Å²) in [5.41, 5.74) is 15.0. The maximum absolute atomic E-state index is 3.74. The molecule has 0 amide bonds. The molecule has 0 spiro atoms. The lowest BCUT2D eigenvalue weighted by Crippen LogP contribution is -2.16. The molecule has 1 aliphatic rings. The number of fused-ring (bicyclic) bond motifs is 3. The van der Waals surface area contributed by atoms with Crippen LogP contribution in [0.25, 0.3) is 44.5 Å². The molecule has 7 rings (SSSR count). The summed E-state index contributed by atoms with van der Waals surface area (Å²) < 4.78 is 0. The van der Waals surface area contributed by atoms with E-state index in [0.29, 0.717) is 0 Å². The van der Waals surface area contributed by atoms with E-state index in [0.717, 1.165) is 11.4 Å². The molecule has 1 aliphatic carbocycles. The molecule has 0 heterocycles. The molecule has 0 unspecified atom stereocenters. The highest BCUT2D eigenvalue weighted by Crippen LogP contribution is 2.53. The summed E-state index contributed by atoms with van der Waals surface area (Å²) in [5, 5.41) is 3.74. The van der Waals surface area contributed by atoms with Crippen molar-refractivity contribution in [3.05, 3.63) is 157 Å². The second kappa shape index (κ2) is 9.70. The van der Waals surface area contributed by atoms with E-state index in [-0.39, 0.29) is 5.41 Å². The Balaban J connectivity index is 1.28. The van der Waals surface area contributed by atoms with Crippen molar-refractivity contribution in [3.63, 3.8) is 0 Å². The Kier molecular flexibility index (Phi) is 5.86. The molecule has 1 heteroatoms. The lowest BCUT2D eigenvalue weighted by Gasteiger charge is -2.25. The van der Waals surface area contributed by atoms with Crippen LogP contribution in [-0.2, 0) is 5.41 Å². The smallest absolute Gasteiger partial charge is 0.0463 e. The minimum Gasteiger partial charge on any atom is -0.355 e. The van der Waals surface area contributed by atoms with Gasteiger partial charge in [0.05, 0.1) is 0 Å². The second-order valence-electron chi connectivity index (χ2n) is 11.1. The van der Waals surface area contributed by atoms with Gasteiger partial charge in [-0.25, -0.2) is 0 Å². The zero-order chi connectivity index (χ0) is 27.1. The Hall–Kier alpha value is -4.88. The SMILES string of the molecule is CC1(C)c2cc(Nc3ccccc3-c3ccccc3)ccc2-c2cccc(-c3cccc(-c4ccccc4)c3)c21. The van der Waals surface area contributed by atoms with E-state index in [9.17, 15) is 0 Å². The van der Waals surface area contributed by atoms with Crippen molar-refractivity contribution in [2.75, 3.05) is 5.32 Å². The molecule has 0 aliphatic heterocycles. The van der Waals surface area contributed by atoms with Gasteiger partial charge in [0.2, 0.25) is 0 Å². The molecule has 0 bridgehead atoms. The molecule has 6 aromatic rings. The molecular weight excluding hydrogens is 482 g/mol. The fourth-order valence-corrected chi connectivity index (χ4v) is 6.31. The van der Waals surface area contributed by atoms with E-state index in [4.69, 9.17) is 0 Å². The predicted molar refractivity (Wildman–Crippen MR) is 170 cm³/mol. The Morgan fingerprint density at radius 1 is 0.425 bits per heavy atom. The van der Waals surface area contributed by atoms with Crippen molar-refractivity contribution < 1.29 is 0 Å². The van der Waals surface area contributed by atoms with Gasteiger partial charge in [-0.15, -0.1) is 0 Å². The fraction of sp³-hybridized carbons (Fsp3) is 0.0769. The molecule has 1 nitrogen and oxygen atoms in total. The number of anilines is 2. The fourth-order valence-electron chi connectivity index (χ4n) is 6.31. The Morgan fingerprint density at radius 3 is 1.82 bits per heavy atom. The zero-order valence-electron chi connectivity index (χ0n) is 22.9. The van der Waals surface area contributed by atoms with Gasteiger partial charge >= 0.3 is 0 Å². The van der Waals surface area contributed by atoms with Crippen molar-refractivity contribution in [3.8, 4) is 44.5 Å². The Labute approximate surface area is 236 Å². The van der Waals surface area contributed by atoms with E-state index < -0.39 is 0 Å². The number of benzene rings is 6. The van der Waals surface area contributed by atoms with Gasteiger partial charge in [0.15, 0.2) is 0 Å². The van der Waals surface area contributed by atoms with Crippen LogP contribution in [-0.4, -0.2) is 0 Å². The van der Waals surface area contributed by atoms with E-state index in [1.807, 2.05) is 0 Å². The number of para-hydroxylation sites is 1. The van der Waals surface area contributed by atoms with Gasteiger partial charge in [0.25, 0.3) is 0 Å². The van der Waals surface area contributed by atoms with Crippen LogP contribution in [0.2, 0.25) is 0 Å². The lowest BCUT2D eigenvalue weighted by atomic mass is 9.78. The minimum absolute atomic E-state index is 0.138. The number of hydrogen-bond donors (Lipinski definition) is 1. The lowest BCUT2D eigenvalue weighted by molar-refractivity contribution is 0.662. The van der Waals surface area contributed by atoms with Gasteiger partial charge in [-0.1, -0.05) is 135 Å². The van der Waals surface area contributed by atoms with Crippen LogP contribution < -0.4 is 5.32 Å². The first-order chi connectivity index (χ1) is 19.6. The van der Waals surface area contributed by atoms with Gasteiger partial charge in [0.1, 0.15) is 0 Å². The molecule has 0 aromatic heterocycles. The summed E-state index contributed by atoms with van der Waals surface area (Å²) in [7, 11) is 0. The van der Waals surface area contributed by atoms with Crippen LogP contribution in [0.1, 0.15) is 25.0 Å². The van der Waals surface area contributed by atoms with Gasteiger partial charge in [-0.05, 0) is 74.3 Å². The number of nitrogens with one attached hydrogen (secondary N) is 1. The highest BCUT2D eigenvalue weighted by molar-refractivity contribution is 5.90. The summed E-state index contributed by atoms with van der Waals surface area (Å²) in [6, 6.07) is 52.3. The van der Waals surface area contributed by atoms with Crippen LogP contribution in [0.4, 0.5) is 11.4 Å². The topological polar surface area (TPSA) is 12.0 Å². The van der Waals surface area contributed by atoms with Crippen molar-refractivity contribution >= 4 is 11.4 Å². The number of rotatable bonds is 5. The van der Waals surface area contributed by atoms with Crippen LogP contribution in [0.5, 0.6) is 0 Å². The summed E-state index contributed by atoms with van der Waals surface area (Å²) in [4.78, 5) is 0. The van der Waals surface area contributed by atoms with Crippen LogP contribution in [0.15, 0.2) is 146 Å². The predicted octanol–water partition coefficient (Wildman–Crippen LogP) is 10.7. The molecule has 6 aromatic carbocycles. The molecule has 0 atom stereocenters. The standard InChI is InChI=1S/C39H31N/c1-39(2)36-26-31(40-37-22-10-9-19-32(37)28-15-7-4-8-16-28)23-24-34(36)35-21-12-20-33(38(35)39)30-18-11-17-29(25-30)27-13-5-3-6-14-27/h3-26,40H,1-2H3. The third-order valence-corrected chi connectivity index (χ3v) is 8.24. The van der Waals surface area contributed by atoms with E-state index in [2.05, 4.69) is 165 Å². The van der Waals surface area contributed by atoms with Crippen LogP contribution in [0.3, 0.4) is 0 Å². The quantitative estimate of drug-likeness (QED) is 0.242. The summed E-state index contributed by atoms with van der Waals surface area (Å²) in [6.45, 7) is 4.73. The average Bonchev–Trinajstić information content (AvgIpc) is 3.24. The Bertz CT molecular complexity index is 1830. The molecule has 0 radical (unpaired) electrons. The van der Waals surface area contributed by atoms with E-state index in [1.165, 1.54) is 55.6 Å². The van der Waals surface area contributed by atoms with Gasteiger partial charge in [-0.2, -0.15) is 0 Å². The average molecular weight is 514 g/mol. The molecule has 192 valence electrons. The van der Waals surface area contributed by atoms with Gasteiger partial charge in [0, 0.05) is 22.4 Å². The highest BCUT2D eigenvalue weighted by atomic mass is 14.9. The third kappa shape index (κ3) is 4.12. The first-order valence-electron chi connectivity index (χ1n) is 14.0. The molecule has 0 saturated heterocycles. The Morgan fingerprint density at radius 2 is 1.02 bits per heavy atom. The summed E-state index contributed by atoms with van der Waals surface area (Å²) in [6.07, 6.45) is 0. The normalized spacial score (nSPS) is 12.9. The molecule has 0 fully saturated rings. The molecule has 1 N–H and O–H groups in total. The zero-order valence-corrected chi connectivity index (χ0v) is 22.9. The van der Waals surface area contributed by atoms with Gasteiger partial charge in [-0.3, -0.25) is 0 Å². The highest BCUT2D eigenvalue weighted by Gasteiger charge is 2.37. The number of hydrogen-bond acceptors (Lipinski definition) is 1. The third-order valence-electron chi connectivity index (χ3n) is 8.24. The maximum atomic E-state index is 3.74. The first-order valence-corrected chi connectivity index (χ1v) is 14.0. The first kappa shape index (κ1) is 24.2. The van der Waals surface area contributed by atoms with Crippen LogP contribution in [0, 0.1) is 0 Å². The largest absolute Gasteiger partial charge is 0.355 e. The summed E-state index contributed by atoms with van der Waals surface area (Å²) >= 11 is 0. The minimum atomic E-state index is -0.138. The molecular formula is C39H31N. The molecule has 40 heavy (non-hydrogen) atoms. The van der Waals surface area contributed by atoms with E-state index in [1.54, 1.807) is 0 Å². The van der Waals surface area contributed by atoms with Crippen molar-refractivity contribution in [1.29, 1.82) is 0 Å². The van der Waals surface area contributed by atoms with Crippen molar-refractivity contribution in [2.45, 2.75) is 19.3 Å². The monoisotopic (exact) mass is 513 g/mol. The summed E-state index contributed by atoms with van der Waals surface area (Å²) in [5.74, 6) is 0. The second-order valence-corrected chi connectivity index (χ2v) is 11.1. The molecule has 0 saturated carbocycles. The van der Waals surface area contributed by atoms with Crippen molar-refractivity contribution in [2.24, 2.45) is 0 Å². The van der Waals surface area contributed by atoms with E-state index >= 15 is 0 Å². The van der Waals surface area contributed by atoms with Gasteiger partial charge < -0.3 is 5.32 Å². The maximum Gasteiger partial charge on any atom is 0.0463 e. The van der Waals surface area contributed by atoms with Crippen molar-refractivity contribution in [1.82, 2.24) is 0 Å². The van der Waals surface area contributed by atoms with Crippen LogP contribution >= 0.6 is 0 Å².